The predicted octanol–water partition coefficient (Wildman–Crippen LogP) is 1.94. The first-order valence-electron chi connectivity index (χ1n) is 10.3. The Balaban J connectivity index is 1.52. The lowest BCUT2D eigenvalue weighted by atomic mass is 10.1. The van der Waals surface area contributed by atoms with Gasteiger partial charge in [-0.25, -0.2) is 4.39 Å². The average Bonchev–Trinajstić information content (AvgIpc) is 2.98. The highest BCUT2D eigenvalue weighted by atomic mass is 19.1. The van der Waals surface area contributed by atoms with Gasteiger partial charge in [0.15, 0.2) is 0 Å². The first-order valence-corrected chi connectivity index (χ1v) is 10.3. The van der Waals surface area contributed by atoms with Crippen LogP contribution in [0, 0.1) is 5.82 Å². The van der Waals surface area contributed by atoms with Gasteiger partial charge in [-0.05, 0) is 42.8 Å². The van der Waals surface area contributed by atoms with Crippen molar-refractivity contribution < 1.29 is 14.0 Å². The highest BCUT2D eigenvalue weighted by Gasteiger charge is 2.23. The van der Waals surface area contributed by atoms with E-state index in [-0.39, 0.29) is 24.2 Å². The van der Waals surface area contributed by atoms with Crippen molar-refractivity contribution in [3.05, 3.63) is 71.5 Å². The van der Waals surface area contributed by atoms with Gasteiger partial charge in [-0.15, -0.1) is 0 Å². The van der Waals surface area contributed by atoms with Crippen LogP contribution in [-0.2, 0) is 16.1 Å². The number of benzene rings is 2. The molecular weight excluding hydrogens is 383 g/mol. The summed E-state index contributed by atoms with van der Waals surface area (Å²) >= 11 is 0. The van der Waals surface area contributed by atoms with E-state index in [0.29, 0.717) is 0 Å². The molecule has 0 aromatic heterocycles. The van der Waals surface area contributed by atoms with Crippen molar-refractivity contribution in [2.24, 2.45) is 0 Å². The van der Waals surface area contributed by atoms with Crippen molar-refractivity contribution in [1.82, 2.24) is 20.4 Å². The zero-order valence-corrected chi connectivity index (χ0v) is 17.3. The molecule has 160 valence electrons. The molecule has 2 aromatic carbocycles. The topological polar surface area (TPSA) is 64.7 Å². The van der Waals surface area contributed by atoms with Crippen LogP contribution < -0.4 is 10.6 Å². The van der Waals surface area contributed by atoms with Crippen molar-refractivity contribution >= 4 is 11.8 Å². The maximum atomic E-state index is 13.1. The lowest BCUT2D eigenvalue weighted by Crippen LogP contribution is -2.44. The number of hydrogen-bond acceptors (Lipinski definition) is 4. The zero-order valence-electron chi connectivity index (χ0n) is 17.3. The summed E-state index contributed by atoms with van der Waals surface area (Å²) in [5.74, 6) is -0.632. The van der Waals surface area contributed by atoms with Crippen molar-refractivity contribution in [3.8, 4) is 0 Å². The first kappa shape index (κ1) is 21.9. The number of halogens is 1. The number of likely N-dealkylation sites (N-methyl/N-ethyl adjacent to an activating group) is 1. The molecule has 30 heavy (non-hydrogen) atoms. The first-order chi connectivity index (χ1) is 14.5. The van der Waals surface area contributed by atoms with Crippen LogP contribution in [-0.4, -0.2) is 61.4 Å². The molecule has 2 N–H and O–H groups in total. The Morgan fingerprint density at radius 3 is 2.33 bits per heavy atom. The van der Waals surface area contributed by atoms with E-state index < -0.39 is 6.04 Å². The number of nitrogens with zero attached hydrogens (tertiary/aromatic N) is 2. The molecule has 1 unspecified atom stereocenters. The predicted molar refractivity (Wildman–Crippen MR) is 114 cm³/mol. The fourth-order valence-electron chi connectivity index (χ4n) is 3.69. The van der Waals surface area contributed by atoms with Gasteiger partial charge in [-0.2, -0.15) is 0 Å². The molecule has 3 rings (SSSR count). The molecule has 1 aliphatic heterocycles. The van der Waals surface area contributed by atoms with Crippen molar-refractivity contribution in [3.63, 3.8) is 0 Å². The smallest absolute Gasteiger partial charge is 0.246 e. The van der Waals surface area contributed by atoms with Crippen LogP contribution in [0.4, 0.5) is 4.39 Å². The summed E-state index contributed by atoms with van der Waals surface area (Å²) in [5, 5.41) is 5.48. The lowest BCUT2D eigenvalue weighted by Gasteiger charge is -2.23. The van der Waals surface area contributed by atoms with Gasteiger partial charge in [0.2, 0.25) is 11.8 Å². The number of nitrogens with one attached hydrogen (secondary N) is 2. The van der Waals surface area contributed by atoms with Gasteiger partial charge < -0.3 is 10.6 Å². The van der Waals surface area contributed by atoms with E-state index in [1.54, 1.807) is 7.05 Å². The molecule has 0 aliphatic carbocycles. The molecule has 6 nitrogen and oxygen atoms in total. The summed E-state index contributed by atoms with van der Waals surface area (Å²) in [7, 11) is 1.56. The molecule has 0 saturated carbocycles. The Morgan fingerprint density at radius 2 is 1.63 bits per heavy atom. The van der Waals surface area contributed by atoms with E-state index in [4.69, 9.17) is 0 Å². The molecule has 1 atom stereocenters. The van der Waals surface area contributed by atoms with Crippen LogP contribution in [0.25, 0.3) is 0 Å². The zero-order chi connectivity index (χ0) is 21.3. The summed E-state index contributed by atoms with van der Waals surface area (Å²) < 4.78 is 13.1. The second-order valence-electron chi connectivity index (χ2n) is 7.56. The molecule has 0 bridgehead atoms. The standard InChI is InChI=1S/C23H29FN4O2/c1-25-23(30)22(19-6-3-2-4-7-19)26-21(29)17-28-13-5-12-27(14-15-28)16-18-8-10-20(24)11-9-18/h2-4,6-11,22H,5,12-17H2,1H3,(H,25,30)(H,26,29). The van der Waals surface area contributed by atoms with Gasteiger partial charge in [0.05, 0.1) is 6.54 Å². The maximum Gasteiger partial charge on any atom is 0.246 e. The Kier molecular flexibility index (Phi) is 7.93. The van der Waals surface area contributed by atoms with Crippen molar-refractivity contribution in [2.75, 3.05) is 39.8 Å². The van der Waals surface area contributed by atoms with E-state index in [2.05, 4.69) is 20.4 Å². The third-order valence-electron chi connectivity index (χ3n) is 5.31. The van der Waals surface area contributed by atoms with Crippen LogP contribution in [0.15, 0.2) is 54.6 Å². The number of carbonyl (C=O) groups excluding carboxylic acids is 2. The van der Waals surface area contributed by atoms with Gasteiger partial charge in [-0.3, -0.25) is 19.4 Å². The number of hydrogen-bond donors (Lipinski definition) is 2. The highest BCUT2D eigenvalue weighted by molar-refractivity contribution is 5.89. The molecule has 2 amide bonds. The molecule has 7 heteroatoms. The van der Waals surface area contributed by atoms with Gasteiger partial charge in [0.25, 0.3) is 0 Å². The summed E-state index contributed by atoms with van der Waals surface area (Å²) in [6, 6.07) is 15.1. The lowest BCUT2D eigenvalue weighted by molar-refractivity contribution is -0.129. The monoisotopic (exact) mass is 412 g/mol. The minimum Gasteiger partial charge on any atom is -0.357 e. The fourth-order valence-corrected chi connectivity index (χ4v) is 3.69. The third-order valence-corrected chi connectivity index (χ3v) is 5.31. The van der Waals surface area contributed by atoms with Gasteiger partial charge in [0.1, 0.15) is 11.9 Å². The Morgan fingerprint density at radius 1 is 0.967 bits per heavy atom. The summed E-state index contributed by atoms with van der Waals surface area (Å²) in [6.07, 6.45) is 0.950. The van der Waals surface area contributed by atoms with Crippen LogP contribution in [0.2, 0.25) is 0 Å². The number of amides is 2. The van der Waals surface area contributed by atoms with E-state index in [0.717, 1.165) is 50.3 Å². The van der Waals surface area contributed by atoms with E-state index in [1.807, 2.05) is 42.5 Å². The van der Waals surface area contributed by atoms with E-state index >= 15 is 0 Å². The SMILES string of the molecule is CNC(=O)C(NC(=O)CN1CCCN(Cc2ccc(F)cc2)CC1)c1ccccc1. The average molecular weight is 413 g/mol. The molecule has 1 heterocycles. The molecule has 2 aromatic rings. The molecular formula is C23H29FN4O2. The van der Waals surface area contributed by atoms with Crippen molar-refractivity contribution in [2.45, 2.75) is 19.0 Å². The third kappa shape index (κ3) is 6.37. The Labute approximate surface area is 177 Å². The van der Waals surface area contributed by atoms with Crippen LogP contribution in [0.5, 0.6) is 0 Å². The molecule has 1 fully saturated rings. The summed E-state index contributed by atoms with van der Waals surface area (Å²) in [6.45, 7) is 4.38. The second kappa shape index (κ2) is 10.8. The maximum absolute atomic E-state index is 13.1. The number of carbonyl (C=O) groups is 2. The Bertz CT molecular complexity index is 829. The summed E-state index contributed by atoms with van der Waals surface area (Å²) in [4.78, 5) is 29.4. The quantitative estimate of drug-likeness (QED) is 0.730. The van der Waals surface area contributed by atoms with Gasteiger partial charge >= 0.3 is 0 Å². The molecule has 1 aliphatic rings. The number of rotatable bonds is 7. The van der Waals surface area contributed by atoms with Crippen LogP contribution >= 0.6 is 0 Å². The minimum atomic E-state index is -0.703. The molecule has 0 spiro atoms. The van der Waals surface area contributed by atoms with E-state index in [1.165, 1.54) is 12.1 Å². The fraction of sp³-hybridized carbons (Fsp3) is 0.391. The van der Waals surface area contributed by atoms with Gasteiger partial charge in [0, 0.05) is 26.7 Å². The summed E-state index contributed by atoms with van der Waals surface area (Å²) in [5.41, 5.74) is 1.84. The minimum absolute atomic E-state index is 0.167. The van der Waals surface area contributed by atoms with Crippen LogP contribution in [0.3, 0.4) is 0 Å². The largest absolute Gasteiger partial charge is 0.357 e. The molecule has 0 radical (unpaired) electrons. The van der Waals surface area contributed by atoms with Crippen molar-refractivity contribution in [1.29, 1.82) is 0 Å². The normalized spacial score (nSPS) is 16.5. The van der Waals surface area contributed by atoms with E-state index in [9.17, 15) is 14.0 Å². The highest BCUT2D eigenvalue weighted by Crippen LogP contribution is 2.13. The molecule has 1 saturated heterocycles. The Hall–Kier alpha value is -2.77. The second-order valence-corrected chi connectivity index (χ2v) is 7.56. The van der Waals surface area contributed by atoms with Crippen LogP contribution in [0.1, 0.15) is 23.6 Å². The van der Waals surface area contributed by atoms with Gasteiger partial charge in [-0.1, -0.05) is 42.5 Å².